The van der Waals surface area contributed by atoms with E-state index in [-0.39, 0.29) is 0 Å². The van der Waals surface area contributed by atoms with Crippen LogP contribution < -0.4 is 0 Å². The van der Waals surface area contributed by atoms with E-state index in [1.165, 1.54) is 5.56 Å². The fraction of sp³-hybridized carbons (Fsp3) is 0.250. The Morgan fingerprint density at radius 2 is 1.81 bits per heavy atom. The Morgan fingerprint density at radius 3 is 2.50 bits per heavy atom. The number of aryl methyl sites for hydroxylation is 4. The Morgan fingerprint density at radius 1 is 1.04 bits per heavy atom. The molecule has 0 spiro atoms. The van der Waals surface area contributed by atoms with Gasteiger partial charge in [0.05, 0.1) is 28.4 Å². The number of imidazole rings is 1. The molecule has 0 amide bonds. The van der Waals surface area contributed by atoms with Crippen LogP contribution in [0, 0.1) is 27.7 Å². The fourth-order valence-corrected chi connectivity index (χ4v) is 3.81. The third kappa shape index (κ3) is 3.01. The van der Waals surface area contributed by atoms with Crippen molar-refractivity contribution in [2.45, 2.75) is 38.6 Å². The first-order valence-corrected chi connectivity index (χ1v) is 9.49. The van der Waals surface area contributed by atoms with Crippen LogP contribution in [0.3, 0.4) is 0 Å². The summed E-state index contributed by atoms with van der Waals surface area (Å²) in [5, 5.41) is 5.55. The van der Waals surface area contributed by atoms with E-state index in [9.17, 15) is 0 Å². The van der Waals surface area contributed by atoms with Gasteiger partial charge in [0.25, 0.3) is 0 Å². The van der Waals surface area contributed by atoms with Crippen molar-refractivity contribution >= 4 is 17.3 Å². The van der Waals surface area contributed by atoms with Crippen LogP contribution in [0.15, 0.2) is 46.0 Å². The Kier molecular flexibility index (Phi) is 4.28. The van der Waals surface area contributed by atoms with E-state index in [1.807, 2.05) is 43.5 Å². The lowest BCUT2D eigenvalue weighted by atomic mass is 10.1. The van der Waals surface area contributed by atoms with Crippen molar-refractivity contribution in [3.63, 3.8) is 0 Å². The van der Waals surface area contributed by atoms with Crippen molar-refractivity contribution in [1.29, 1.82) is 0 Å². The lowest BCUT2D eigenvalue weighted by molar-refractivity contribution is 0.489. The highest BCUT2D eigenvalue weighted by molar-refractivity contribution is 7.98. The molecule has 6 heteroatoms. The Bertz CT molecular complexity index is 1060. The molecule has 0 aliphatic heterocycles. The molecular weight excluding hydrogens is 344 g/mol. The van der Waals surface area contributed by atoms with Crippen LogP contribution in [0.25, 0.3) is 16.8 Å². The second-order valence-corrected chi connectivity index (χ2v) is 7.32. The molecule has 0 saturated carbocycles. The molecule has 0 N–H and O–H groups in total. The van der Waals surface area contributed by atoms with Gasteiger partial charge < -0.3 is 4.42 Å². The molecule has 0 bridgehead atoms. The van der Waals surface area contributed by atoms with Gasteiger partial charge in [-0.15, -0.1) is 0 Å². The predicted molar refractivity (Wildman–Crippen MR) is 103 cm³/mol. The number of benzene rings is 1. The SMILES string of the molecule is Cc1cc(C)c2c(-c3ccccc3)nc(SCc3nc(C)c(C)o3)n2n1. The highest BCUT2D eigenvalue weighted by Gasteiger charge is 2.18. The van der Waals surface area contributed by atoms with E-state index >= 15 is 0 Å². The molecule has 132 valence electrons. The van der Waals surface area contributed by atoms with Gasteiger partial charge in [0.1, 0.15) is 5.76 Å². The molecule has 3 heterocycles. The third-order valence-electron chi connectivity index (χ3n) is 4.33. The van der Waals surface area contributed by atoms with Crippen LogP contribution in [0.5, 0.6) is 0 Å². The fourth-order valence-electron chi connectivity index (χ4n) is 3.02. The molecule has 3 aromatic heterocycles. The van der Waals surface area contributed by atoms with E-state index in [0.29, 0.717) is 11.6 Å². The van der Waals surface area contributed by atoms with Crippen LogP contribution in [0.1, 0.15) is 28.6 Å². The zero-order valence-electron chi connectivity index (χ0n) is 15.3. The number of rotatable bonds is 4. The number of oxazole rings is 1. The molecule has 0 atom stereocenters. The summed E-state index contributed by atoms with van der Waals surface area (Å²) >= 11 is 1.59. The molecule has 4 aromatic rings. The summed E-state index contributed by atoms with van der Waals surface area (Å²) < 4.78 is 7.64. The molecule has 0 aliphatic carbocycles. The second-order valence-electron chi connectivity index (χ2n) is 6.38. The van der Waals surface area contributed by atoms with Gasteiger partial charge in [-0.25, -0.2) is 14.5 Å². The van der Waals surface area contributed by atoms with Crippen LogP contribution in [0.4, 0.5) is 0 Å². The van der Waals surface area contributed by atoms with Gasteiger partial charge in [-0.3, -0.25) is 0 Å². The van der Waals surface area contributed by atoms with Crippen molar-refractivity contribution in [1.82, 2.24) is 19.6 Å². The minimum Gasteiger partial charge on any atom is -0.445 e. The van der Waals surface area contributed by atoms with Crippen LogP contribution in [0.2, 0.25) is 0 Å². The minimum absolute atomic E-state index is 0.622. The molecule has 5 nitrogen and oxygen atoms in total. The normalized spacial score (nSPS) is 11.4. The van der Waals surface area contributed by atoms with Crippen molar-refractivity contribution in [2.24, 2.45) is 0 Å². The van der Waals surface area contributed by atoms with E-state index in [1.54, 1.807) is 11.8 Å². The van der Waals surface area contributed by atoms with Crippen molar-refractivity contribution in [3.8, 4) is 11.3 Å². The summed E-state index contributed by atoms with van der Waals surface area (Å²) in [4.78, 5) is 9.36. The van der Waals surface area contributed by atoms with Crippen LogP contribution in [-0.4, -0.2) is 19.6 Å². The zero-order chi connectivity index (χ0) is 18.3. The lowest BCUT2D eigenvalue weighted by Gasteiger charge is -2.04. The first-order valence-electron chi connectivity index (χ1n) is 8.51. The second kappa shape index (κ2) is 6.61. The van der Waals surface area contributed by atoms with E-state index in [0.717, 1.165) is 39.1 Å². The van der Waals surface area contributed by atoms with E-state index < -0.39 is 0 Å². The third-order valence-corrected chi connectivity index (χ3v) is 5.24. The maximum absolute atomic E-state index is 5.70. The van der Waals surface area contributed by atoms with Crippen molar-refractivity contribution in [3.05, 3.63) is 65.0 Å². The maximum Gasteiger partial charge on any atom is 0.205 e. The monoisotopic (exact) mass is 364 g/mol. The topological polar surface area (TPSA) is 56.2 Å². The molecule has 1 aromatic carbocycles. The molecule has 0 fully saturated rings. The van der Waals surface area contributed by atoms with Crippen molar-refractivity contribution in [2.75, 3.05) is 0 Å². The first kappa shape index (κ1) is 16.8. The van der Waals surface area contributed by atoms with Gasteiger partial charge in [-0.05, 0) is 39.3 Å². The summed E-state index contributed by atoms with van der Waals surface area (Å²) in [5.74, 6) is 2.20. The summed E-state index contributed by atoms with van der Waals surface area (Å²) in [5.41, 5.74) is 6.16. The van der Waals surface area contributed by atoms with Gasteiger partial charge >= 0.3 is 0 Å². The standard InChI is InChI=1S/C20H20N4OS/c1-12-10-13(2)23-24-19(12)18(16-8-6-5-7-9-16)22-20(24)26-11-17-21-14(3)15(4)25-17/h5-10H,11H2,1-4H3. The summed E-state index contributed by atoms with van der Waals surface area (Å²) in [6.45, 7) is 8.00. The minimum atomic E-state index is 0.622. The van der Waals surface area contributed by atoms with Crippen molar-refractivity contribution < 1.29 is 4.42 Å². The lowest BCUT2D eigenvalue weighted by Crippen LogP contribution is -1.98. The molecule has 0 aliphatic rings. The van der Waals surface area contributed by atoms with Gasteiger partial charge in [0, 0.05) is 5.56 Å². The largest absolute Gasteiger partial charge is 0.445 e. The summed E-state index contributed by atoms with van der Waals surface area (Å²) in [7, 11) is 0. The Balaban J connectivity index is 1.79. The van der Waals surface area contributed by atoms with Crippen LogP contribution >= 0.6 is 11.8 Å². The molecule has 0 unspecified atom stereocenters. The molecule has 26 heavy (non-hydrogen) atoms. The molecular formula is C20H20N4OS. The molecule has 0 saturated heterocycles. The number of aromatic nitrogens is 4. The van der Waals surface area contributed by atoms with E-state index in [2.05, 4.69) is 30.1 Å². The van der Waals surface area contributed by atoms with Gasteiger partial charge in [0.15, 0.2) is 5.16 Å². The summed E-state index contributed by atoms with van der Waals surface area (Å²) in [6.07, 6.45) is 0. The quantitative estimate of drug-likeness (QED) is 0.482. The number of thioether (sulfide) groups is 1. The average Bonchev–Trinajstić information content (AvgIpc) is 3.14. The van der Waals surface area contributed by atoms with Gasteiger partial charge in [0.2, 0.25) is 5.89 Å². The van der Waals surface area contributed by atoms with Gasteiger partial charge in [-0.2, -0.15) is 5.10 Å². The number of hydrogen-bond donors (Lipinski definition) is 0. The molecule has 4 rings (SSSR count). The van der Waals surface area contributed by atoms with Gasteiger partial charge in [-0.1, -0.05) is 42.1 Å². The Labute approximate surface area is 156 Å². The predicted octanol–water partition coefficient (Wildman–Crippen LogP) is 4.91. The Hall–Kier alpha value is -2.60. The number of fused-ring (bicyclic) bond motifs is 1. The highest BCUT2D eigenvalue weighted by Crippen LogP contribution is 2.32. The van der Waals surface area contributed by atoms with Crippen LogP contribution in [-0.2, 0) is 5.75 Å². The maximum atomic E-state index is 5.70. The highest BCUT2D eigenvalue weighted by atomic mass is 32.2. The first-order chi connectivity index (χ1) is 12.5. The number of hydrogen-bond acceptors (Lipinski definition) is 5. The van der Waals surface area contributed by atoms with E-state index in [4.69, 9.17) is 14.5 Å². The average molecular weight is 364 g/mol. The zero-order valence-corrected chi connectivity index (χ0v) is 16.1. The molecule has 0 radical (unpaired) electrons. The summed E-state index contributed by atoms with van der Waals surface area (Å²) in [6, 6.07) is 12.3. The smallest absolute Gasteiger partial charge is 0.205 e. The number of nitrogens with zero attached hydrogens (tertiary/aromatic N) is 4.